The van der Waals surface area contributed by atoms with Crippen molar-refractivity contribution in [3.8, 4) is 0 Å². The lowest BCUT2D eigenvalue weighted by Gasteiger charge is -2.35. The van der Waals surface area contributed by atoms with Crippen LogP contribution >= 0.6 is 0 Å². The van der Waals surface area contributed by atoms with E-state index in [0.717, 1.165) is 13.0 Å². The van der Waals surface area contributed by atoms with Crippen LogP contribution in [0.15, 0.2) is 6.07 Å². The molecule has 1 heterocycles. The van der Waals surface area contributed by atoms with Crippen LogP contribution in [0.5, 0.6) is 0 Å². The van der Waals surface area contributed by atoms with E-state index < -0.39 is 40.3 Å². The Balaban J connectivity index is 2.31. The number of benzene rings is 1. The van der Waals surface area contributed by atoms with Gasteiger partial charge in [0, 0.05) is 12.6 Å². The molecular weight excluding hydrogens is 288 g/mol. The predicted octanol–water partition coefficient (Wildman–Crippen LogP) is 2.96. The van der Waals surface area contributed by atoms with Gasteiger partial charge in [0.05, 0.1) is 5.41 Å². The van der Waals surface area contributed by atoms with Crippen molar-refractivity contribution in [3.05, 3.63) is 29.3 Å². The third-order valence-corrected chi connectivity index (χ3v) is 3.98. The van der Waals surface area contributed by atoms with Crippen molar-refractivity contribution < 1.29 is 22.4 Å². The molecule has 116 valence electrons. The van der Waals surface area contributed by atoms with E-state index in [2.05, 4.69) is 5.32 Å². The third-order valence-electron chi connectivity index (χ3n) is 3.98. The topological polar surface area (TPSA) is 41.1 Å². The van der Waals surface area contributed by atoms with Gasteiger partial charge in [-0.25, -0.2) is 17.6 Å². The first-order chi connectivity index (χ1) is 9.91. The monoisotopic (exact) mass is 304 g/mol. The van der Waals surface area contributed by atoms with Crippen LogP contribution in [-0.4, -0.2) is 19.0 Å². The van der Waals surface area contributed by atoms with Gasteiger partial charge in [0.1, 0.15) is 5.69 Å². The van der Waals surface area contributed by atoms with E-state index >= 15 is 0 Å². The summed E-state index contributed by atoms with van der Waals surface area (Å²) in [5.41, 5.74) is -1.91. The number of carbonyl (C=O) groups excluding carboxylic acids is 1. The standard InChI is InChI=1S/C14H16F4N2O/c1-2-14(4-3-5-19-7-14)13(21)20-12-10(17)8(15)6-9(16)11(12)18/h6,19H,2-5,7H2,1H3,(H,20,21). The molecule has 2 N–H and O–H groups in total. The number of anilines is 1. The van der Waals surface area contributed by atoms with Gasteiger partial charge in [-0.15, -0.1) is 0 Å². The summed E-state index contributed by atoms with van der Waals surface area (Å²) in [6.07, 6.45) is 1.74. The molecule has 1 aromatic rings. The molecular formula is C14H16F4N2O. The van der Waals surface area contributed by atoms with Crippen molar-refractivity contribution in [2.75, 3.05) is 18.4 Å². The van der Waals surface area contributed by atoms with Crippen molar-refractivity contribution in [1.82, 2.24) is 5.32 Å². The molecule has 1 fully saturated rings. The lowest BCUT2D eigenvalue weighted by molar-refractivity contribution is -0.126. The Morgan fingerprint density at radius 3 is 2.38 bits per heavy atom. The first-order valence-electron chi connectivity index (χ1n) is 6.76. The highest BCUT2D eigenvalue weighted by atomic mass is 19.2. The number of nitrogens with one attached hydrogen (secondary N) is 2. The van der Waals surface area contributed by atoms with Crippen LogP contribution in [0.1, 0.15) is 26.2 Å². The molecule has 1 amide bonds. The highest BCUT2D eigenvalue weighted by Gasteiger charge is 2.38. The normalized spacial score (nSPS) is 22.1. The summed E-state index contributed by atoms with van der Waals surface area (Å²) in [7, 11) is 0. The number of piperidine rings is 1. The molecule has 2 rings (SSSR count). The Morgan fingerprint density at radius 1 is 1.29 bits per heavy atom. The second-order valence-electron chi connectivity index (χ2n) is 5.21. The minimum Gasteiger partial charge on any atom is -0.320 e. The molecule has 0 bridgehead atoms. The Morgan fingerprint density at radius 2 is 1.90 bits per heavy atom. The van der Waals surface area contributed by atoms with Crippen LogP contribution in [0.3, 0.4) is 0 Å². The van der Waals surface area contributed by atoms with Crippen LogP contribution < -0.4 is 10.6 Å². The highest BCUT2D eigenvalue weighted by Crippen LogP contribution is 2.33. The van der Waals surface area contributed by atoms with Gasteiger partial charge in [0.15, 0.2) is 23.3 Å². The zero-order valence-corrected chi connectivity index (χ0v) is 11.5. The smallest absolute Gasteiger partial charge is 0.232 e. The molecule has 0 radical (unpaired) electrons. The van der Waals surface area contributed by atoms with Crippen LogP contribution in [0.2, 0.25) is 0 Å². The van der Waals surface area contributed by atoms with E-state index in [1.54, 1.807) is 6.92 Å². The highest BCUT2D eigenvalue weighted by molar-refractivity contribution is 5.95. The summed E-state index contributed by atoms with van der Waals surface area (Å²) >= 11 is 0. The molecule has 1 saturated heterocycles. The van der Waals surface area contributed by atoms with Crippen molar-refractivity contribution >= 4 is 11.6 Å². The lowest BCUT2D eigenvalue weighted by Crippen LogP contribution is -2.47. The maximum absolute atomic E-state index is 13.6. The van der Waals surface area contributed by atoms with E-state index in [9.17, 15) is 22.4 Å². The van der Waals surface area contributed by atoms with Gasteiger partial charge in [-0.2, -0.15) is 0 Å². The summed E-state index contributed by atoms with van der Waals surface area (Å²) in [5.74, 6) is -6.93. The molecule has 21 heavy (non-hydrogen) atoms. The summed E-state index contributed by atoms with van der Waals surface area (Å²) < 4.78 is 53.5. The van der Waals surface area contributed by atoms with Gasteiger partial charge in [0.2, 0.25) is 5.91 Å². The van der Waals surface area contributed by atoms with Crippen molar-refractivity contribution in [2.24, 2.45) is 5.41 Å². The maximum Gasteiger partial charge on any atom is 0.232 e. The Kier molecular flexibility index (Phi) is 4.51. The first kappa shape index (κ1) is 15.8. The van der Waals surface area contributed by atoms with E-state index in [4.69, 9.17) is 0 Å². The van der Waals surface area contributed by atoms with E-state index in [1.165, 1.54) is 0 Å². The molecule has 0 aromatic heterocycles. The fraction of sp³-hybridized carbons (Fsp3) is 0.500. The van der Waals surface area contributed by atoms with Gasteiger partial charge in [-0.1, -0.05) is 6.92 Å². The first-order valence-corrected chi connectivity index (χ1v) is 6.76. The minimum atomic E-state index is -1.60. The zero-order chi connectivity index (χ0) is 15.6. The zero-order valence-electron chi connectivity index (χ0n) is 11.5. The summed E-state index contributed by atoms with van der Waals surface area (Å²) in [6, 6.07) is 0.109. The van der Waals surface area contributed by atoms with Gasteiger partial charge in [-0.3, -0.25) is 4.79 Å². The van der Waals surface area contributed by atoms with Gasteiger partial charge in [-0.05, 0) is 25.8 Å². The van der Waals surface area contributed by atoms with E-state index in [1.807, 2.05) is 5.32 Å². The summed E-state index contributed by atoms with van der Waals surface area (Å²) in [6.45, 7) is 2.90. The van der Waals surface area contributed by atoms with Crippen molar-refractivity contribution in [2.45, 2.75) is 26.2 Å². The van der Waals surface area contributed by atoms with Crippen LogP contribution in [0, 0.1) is 28.7 Å². The Bertz CT molecular complexity index is 530. The lowest BCUT2D eigenvalue weighted by atomic mass is 9.77. The maximum atomic E-state index is 13.6. The SMILES string of the molecule is CCC1(C(=O)Nc2c(F)c(F)cc(F)c2F)CCCNC1. The number of amides is 1. The third kappa shape index (κ3) is 2.88. The molecule has 0 aliphatic carbocycles. The molecule has 1 aromatic carbocycles. The Hall–Kier alpha value is -1.63. The molecule has 0 spiro atoms. The number of carbonyl (C=O) groups is 1. The van der Waals surface area contributed by atoms with Gasteiger partial charge in [0.25, 0.3) is 0 Å². The average molecular weight is 304 g/mol. The van der Waals surface area contributed by atoms with Crippen LogP contribution in [-0.2, 0) is 4.79 Å². The summed E-state index contributed by atoms with van der Waals surface area (Å²) in [5, 5.41) is 5.06. The number of halogens is 4. The van der Waals surface area contributed by atoms with Crippen LogP contribution in [0.25, 0.3) is 0 Å². The molecule has 1 aliphatic heterocycles. The van der Waals surface area contributed by atoms with E-state index in [-0.39, 0.29) is 6.07 Å². The Labute approximate surface area is 119 Å². The molecule has 7 heteroatoms. The molecule has 1 atom stereocenters. The predicted molar refractivity (Wildman–Crippen MR) is 69.7 cm³/mol. The van der Waals surface area contributed by atoms with Crippen molar-refractivity contribution in [3.63, 3.8) is 0 Å². The average Bonchev–Trinajstić information content (AvgIpc) is 2.50. The fourth-order valence-electron chi connectivity index (χ4n) is 2.55. The quantitative estimate of drug-likeness (QED) is 0.666. The van der Waals surface area contributed by atoms with E-state index in [0.29, 0.717) is 19.4 Å². The largest absolute Gasteiger partial charge is 0.320 e. The molecule has 1 aliphatic rings. The fourth-order valence-corrected chi connectivity index (χ4v) is 2.55. The number of hydrogen-bond donors (Lipinski definition) is 2. The van der Waals surface area contributed by atoms with Crippen LogP contribution in [0.4, 0.5) is 23.2 Å². The molecule has 1 unspecified atom stereocenters. The van der Waals surface area contributed by atoms with Crippen molar-refractivity contribution in [1.29, 1.82) is 0 Å². The number of hydrogen-bond acceptors (Lipinski definition) is 2. The number of rotatable bonds is 3. The second kappa shape index (κ2) is 6.01. The second-order valence-corrected chi connectivity index (χ2v) is 5.21. The van der Waals surface area contributed by atoms with Gasteiger partial charge < -0.3 is 10.6 Å². The molecule has 0 saturated carbocycles. The minimum absolute atomic E-state index is 0.109. The molecule has 3 nitrogen and oxygen atoms in total. The summed E-state index contributed by atoms with van der Waals surface area (Å²) in [4.78, 5) is 12.3. The van der Waals surface area contributed by atoms with Gasteiger partial charge >= 0.3 is 0 Å².